The minimum absolute atomic E-state index is 0.0455. The van der Waals surface area contributed by atoms with Crippen LogP contribution in [0.15, 0.2) is 18.2 Å². The molecule has 2 rings (SSSR count). The van der Waals surface area contributed by atoms with Crippen molar-refractivity contribution in [2.45, 2.75) is 12.8 Å². The van der Waals surface area contributed by atoms with Crippen molar-refractivity contribution < 1.29 is 19.2 Å². The molecule has 0 aromatic heterocycles. The summed E-state index contributed by atoms with van der Waals surface area (Å²) in [5.41, 5.74) is -0.233. The van der Waals surface area contributed by atoms with E-state index in [9.17, 15) is 19.7 Å². The topological polar surface area (TPSA) is 111 Å². The molecule has 1 saturated heterocycles. The van der Waals surface area contributed by atoms with E-state index in [0.29, 0.717) is 25.1 Å². The Balaban J connectivity index is 2.20. The molecule has 1 aromatic carbocycles. The van der Waals surface area contributed by atoms with E-state index in [1.165, 1.54) is 25.3 Å². The number of nitro benzene ring substituents is 1. The Morgan fingerprint density at radius 3 is 2.90 bits per heavy atom. The summed E-state index contributed by atoms with van der Waals surface area (Å²) in [5, 5.41) is 16.1. The number of piperidine rings is 1. The summed E-state index contributed by atoms with van der Waals surface area (Å²) >= 11 is 0. The smallest absolute Gasteiger partial charge is 0.296 e. The third kappa shape index (κ3) is 3.28. The van der Waals surface area contributed by atoms with Gasteiger partial charge in [0.05, 0.1) is 18.1 Å². The Bertz CT molecular complexity index is 587. The molecule has 2 amide bonds. The number of hydrogen-bond donors (Lipinski definition) is 2. The molecule has 0 spiro atoms. The Hall–Kier alpha value is -2.64. The van der Waals surface area contributed by atoms with Crippen LogP contribution in [0.5, 0.6) is 5.75 Å². The van der Waals surface area contributed by atoms with E-state index in [1.54, 1.807) is 0 Å². The fraction of sp³-hybridized carbons (Fsp3) is 0.385. The summed E-state index contributed by atoms with van der Waals surface area (Å²) in [7, 11) is 1.39. The standard InChI is InChI=1S/C13H15N3O5/c1-21-8-4-5-10(11(7-8)16(19)20)15-13(18)9-3-2-6-14-12(9)17/h4-5,7,9H,2-3,6H2,1H3,(H,14,17)(H,15,18)/t9-/m0/s1. The predicted molar refractivity (Wildman–Crippen MR) is 74.0 cm³/mol. The first-order chi connectivity index (χ1) is 10.0. The summed E-state index contributed by atoms with van der Waals surface area (Å²) in [5.74, 6) is -1.40. The van der Waals surface area contributed by atoms with E-state index in [-0.39, 0.29) is 17.3 Å². The maximum atomic E-state index is 12.1. The van der Waals surface area contributed by atoms with Crippen LogP contribution in [0.2, 0.25) is 0 Å². The first-order valence-electron chi connectivity index (χ1n) is 6.44. The number of nitrogens with one attached hydrogen (secondary N) is 2. The van der Waals surface area contributed by atoms with Gasteiger partial charge in [-0.15, -0.1) is 0 Å². The molecule has 112 valence electrons. The van der Waals surface area contributed by atoms with Crippen molar-refractivity contribution in [1.82, 2.24) is 5.32 Å². The number of carbonyl (C=O) groups excluding carboxylic acids is 2. The predicted octanol–water partition coefficient (Wildman–Crippen LogP) is 1.07. The van der Waals surface area contributed by atoms with E-state index in [4.69, 9.17) is 4.74 Å². The molecule has 8 heteroatoms. The normalized spacial score (nSPS) is 17.8. The lowest BCUT2D eigenvalue weighted by Gasteiger charge is -2.21. The van der Waals surface area contributed by atoms with Gasteiger partial charge in [0.15, 0.2) is 0 Å². The van der Waals surface area contributed by atoms with E-state index >= 15 is 0 Å². The molecule has 1 aliphatic rings. The second-order valence-electron chi connectivity index (χ2n) is 4.62. The first-order valence-corrected chi connectivity index (χ1v) is 6.44. The van der Waals surface area contributed by atoms with E-state index in [0.717, 1.165) is 0 Å². The maximum Gasteiger partial charge on any atom is 0.296 e. The number of nitrogens with zero attached hydrogens (tertiary/aromatic N) is 1. The lowest BCUT2D eigenvalue weighted by molar-refractivity contribution is -0.384. The lowest BCUT2D eigenvalue weighted by atomic mass is 9.97. The van der Waals surface area contributed by atoms with Crippen LogP contribution in [0.3, 0.4) is 0 Å². The van der Waals surface area contributed by atoms with Crippen LogP contribution in [-0.4, -0.2) is 30.4 Å². The quantitative estimate of drug-likeness (QED) is 0.490. The molecule has 1 heterocycles. The van der Waals surface area contributed by atoms with Gasteiger partial charge in [-0.1, -0.05) is 0 Å². The van der Waals surface area contributed by atoms with Gasteiger partial charge in [-0.05, 0) is 25.0 Å². The Labute approximate surface area is 120 Å². The van der Waals surface area contributed by atoms with Crippen molar-refractivity contribution in [3.63, 3.8) is 0 Å². The molecule has 1 aromatic rings. The van der Waals surface area contributed by atoms with Crippen molar-refractivity contribution in [3.05, 3.63) is 28.3 Å². The minimum Gasteiger partial charge on any atom is -0.496 e. The Morgan fingerprint density at radius 1 is 1.52 bits per heavy atom. The molecule has 0 aliphatic carbocycles. The molecule has 0 bridgehead atoms. The third-order valence-electron chi connectivity index (χ3n) is 3.26. The highest BCUT2D eigenvalue weighted by atomic mass is 16.6. The van der Waals surface area contributed by atoms with Crippen LogP contribution in [0.25, 0.3) is 0 Å². The van der Waals surface area contributed by atoms with E-state index in [2.05, 4.69) is 10.6 Å². The number of nitro groups is 1. The number of ether oxygens (including phenoxy) is 1. The van der Waals surface area contributed by atoms with Crippen molar-refractivity contribution in [3.8, 4) is 5.75 Å². The van der Waals surface area contributed by atoms with Gasteiger partial charge < -0.3 is 15.4 Å². The summed E-state index contributed by atoms with van der Waals surface area (Å²) in [6.45, 7) is 0.547. The fourth-order valence-corrected chi connectivity index (χ4v) is 2.14. The summed E-state index contributed by atoms with van der Waals surface area (Å²) in [4.78, 5) is 34.1. The average molecular weight is 293 g/mol. The number of rotatable bonds is 4. The zero-order valence-corrected chi connectivity index (χ0v) is 11.4. The van der Waals surface area contributed by atoms with Crippen LogP contribution < -0.4 is 15.4 Å². The zero-order valence-electron chi connectivity index (χ0n) is 11.4. The van der Waals surface area contributed by atoms with Crippen LogP contribution in [0.1, 0.15) is 12.8 Å². The van der Waals surface area contributed by atoms with Gasteiger partial charge in [-0.25, -0.2) is 0 Å². The number of methoxy groups -OCH3 is 1. The molecular weight excluding hydrogens is 278 g/mol. The van der Waals surface area contributed by atoms with Crippen LogP contribution in [0, 0.1) is 16.0 Å². The van der Waals surface area contributed by atoms with E-state index in [1.807, 2.05) is 0 Å². The lowest BCUT2D eigenvalue weighted by Crippen LogP contribution is -2.42. The van der Waals surface area contributed by atoms with Gasteiger partial charge in [0.25, 0.3) is 5.69 Å². The van der Waals surface area contributed by atoms with Crippen LogP contribution >= 0.6 is 0 Å². The van der Waals surface area contributed by atoms with Gasteiger partial charge >= 0.3 is 0 Å². The summed E-state index contributed by atoms with van der Waals surface area (Å²) in [6, 6.07) is 4.11. The van der Waals surface area contributed by atoms with Crippen molar-refractivity contribution >= 4 is 23.2 Å². The highest BCUT2D eigenvalue weighted by molar-refractivity contribution is 6.07. The molecule has 8 nitrogen and oxygen atoms in total. The van der Waals surface area contributed by atoms with Gasteiger partial charge in [-0.2, -0.15) is 0 Å². The SMILES string of the molecule is COc1ccc(NC(=O)[C@H]2CCCNC2=O)c([N+](=O)[O-])c1. The first kappa shape index (κ1) is 14.8. The molecule has 0 radical (unpaired) electrons. The van der Waals surface area contributed by atoms with Crippen molar-refractivity contribution in [2.24, 2.45) is 5.92 Å². The molecule has 1 atom stereocenters. The minimum atomic E-state index is -0.819. The maximum absolute atomic E-state index is 12.1. The Morgan fingerprint density at radius 2 is 2.29 bits per heavy atom. The molecule has 2 N–H and O–H groups in total. The highest BCUT2D eigenvalue weighted by Crippen LogP contribution is 2.29. The Kier molecular flexibility index (Phi) is 4.36. The van der Waals surface area contributed by atoms with Crippen LogP contribution in [0.4, 0.5) is 11.4 Å². The second-order valence-corrected chi connectivity index (χ2v) is 4.62. The number of benzene rings is 1. The number of carbonyl (C=O) groups is 2. The van der Waals surface area contributed by atoms with E-state index < -0.39 is 16.7 Å². The highest BCUT2D eigenvalue weighted by Gasteiger charge is 2.30. The number of anilines is 1. The summed E-state index contributed by atoms with van der Waals surface area (Å²) in [6.07, 6.45) is 1.14. The van der Waals surface area contributed by atoms with Crippen molar-refractivity contribution in [2.75, 3.05) is 19.0 Å². The molecule has 21 heavy (non-hydrogen) atoms. The van der Waals surface area contributed by atoms with Crippen LogP contribution in [-0.2, 0) is 9.59 Å². The monoisotopic (exact) mass is 293 g/mol. The molecular formula is C13H15N3O5. The third-order valence-corrected chi connectivity index (χ3v) is 3.26. The number of hydrogen-bond acceptors (Lipinski definition) is 5. The fourth-order valence-electron chi connectivity index (χ4n) is 2.14. The van der Waals surface area contributed by atoms with Crippen molar-refractivity contribution in [1.29, 1.82) is 0 Å². The average Bonchev–Trinajstić information content (AvgIpc) is 2.47. The largest absolute Gasteiger partial charge is 0.496 e. The van der Waals surface area contributed by atoms with Gasteiger partial charge in [0.1, 0.15) is 17.4 Å². The molecule has 0 unspecified atom stereocenters. The van der Waals surface area contributed by atoms with Gasteiger partial charge in [0, 0.05) is 6.54 Å². The molecule has 1 aliphatic heterocycles. The number of amides is 2. The second kappa shape index (κ2) is 6.21. The van der Waals surface area contributed by atoms with Gasteiger partial charge in [-0.3, -0.25) is 19.7 Å². The zero-order chi connectivity index (χ0) is 15.4. The molecule has 1 fully saturated rings. The molecule has 0 saturated carbocycles. The van der Waals surface area contributed by atoms with Gasteiger partial charge in [0.2, 0.25) is 11.8 Å². The summed E-state index contributed by atoms with van der Waals surface area (Å²) < 4.78 is 4.92.